The van der Waals surface area contributed by atoms with Crippen molar-refractivity contribution in [2.45, 2.75) is 25.3 Å². The van der Waals surface area contributed by atoms with Crippen molar-refractivity contribution in [1.82, 2.24) is 4.90 Å². The van der Waals surface area contributed by atoms with Gasteiger partial charge < -0.3 is 10.5 Å². The summed E-state index contributed by atoms with van der Waals surface area (Å²) in [4.78, 5) is 2.48. The van der Waals surface area contributed by atoms with Crippen LogP contribution in [0, 0.1) is 0 Å². The highest BCUT2D eigenvalue weighted by atomic mass is 16.5. The molecule has 1 aliphatic rings. The molecule has 2 aromatic rings. The first kappa shape index (κ1) is 14.4. The van der Waals surface area contributed by atoms with Crippen LogP contribution in [-0.4, -0.2) is 37.2 Å². The largest absolute Gasteiger partial charge is 0.491 e. The minimum Gasteiger partial charge on any atom is -0.491 e. The summed E-state index contributed by atoms with van der Waals surface area (Å²) in [7, 11) is 0. The average Bonchev–Trinajstić information content (AvgIpc) is 2.54. The molecule has 1 heterocycles. The zero-order chi connectivity index (χ0) is 14.5. The predicted molar refractivity (Wildman–Crippen MR) is 87.7 cm³/mol. The van der Waals surface area contributed by atoms with Crippen LogP contribution in [0.3, 0.4) is 0 Å². The maximum Gasteiger partial charge on any atom is 0.127 e. The highest BCUT2D eigenvalue weighted by Crippen LogP contribution is 2.26. The molecule has 0 bridgehead atoms. The molecule has 112 valence electrons. The van der Waals surface area contributed by atoms with E-state index in [1.54, 1.807) is 0 Å². The fourth-order valence-electron chi connectivity index (χ4n) is 3.22. The van der Waals surface area contributed by atoms with Crippen LogP contribution >= 0.6 is 0 Å². The number of nitrogens with two attached hydrogens (primary N) is 1. The van der Waals surface area contributed by atoms with Gasteiger partial charge in [0.25, 0.3) is 0 Å². The molecular formula is C18H24N2O. The van der Waals surface area contributed by atoms with Crippen LogP contribution in [0.25, 0.3) is 10.8 Å². The lowest BCUT2D eigenvalue weighted by atomic mass is 10.0. The van der Waals surface area contributed by atoms with Crippen LogP contribution in [0.1, 0.15) is 19.3 Å². The maximum atomic E-state index is 6.15. The third kappa shape index (κ3) is 3.36. The smallest absolute Gasteiger partial charge is 0.127 e. The number of nitrogens with zero attached hydrogens (tertiary/aromatic N) is 1. The highest BCUT2D eigenvalue weighted by molar-refractivity contribution is 5.88. The molecule has 1 fully saturated rings. The number of hydrogen-bond acceptors (Lipinski definition) is 3. The molecule has 2 aromatic carbocycles. The second-order valence-electron chi connectivity index (χ2n) is 5.76. The van der Waals surface area contributed by atoms with Gasteiger partial charge in [0.1, 0.15) is 12.4 Å². The average molecular weight is 284 g/mol. The van der Waals surface area contributed by atoms with Gasteiger partial charge in [-0.3, -0.25) is 4.90 Å². The Morgan fingerprint density at radius 1 is 1.10 bits per heavy atom. The van der Waals surface area contributed by atoms with Gasteiger partial charge in [-0.15, -0.1) is 0 Å². The normalized spacial score (nSPS) is 19.8. The van der Waals surface area contributed by atoms with Crippen LogP contribution in [0.4, 0.5) is 0 Å². The summed E-state index contributed by atoms with van der Waals surface area (Å²) in [5.74, 6) is 0.992. The lowest BCUT2D eigenvalue weighted by Crippen LogP contribution is -2.45. The van der Waals surface area contributed by atoms with Crippen molar-refractivity contribution in [2.75, 3.05) is 26.2 Å². The third-order valence-electron chi connectivity index (χ3n) is 4.35. The van der Waals surface area contributed by atoms with Crippen LogP contribution in [0.2, 0.25) is 0 Å². The molecule has 3 nitrogen and oxygen atoms in total. The molecule has 2 N–H and O–H groups in total. The number of ether oxygens (including phenoxy) is 1. The Bertz CT molecular complexity index is 577. The van der Waals surface area contributed by atoms with Gasteiger partial charge in [-0.2, -0.15) is 0 Å². The summed E-state index contributed by atoms with van der Waals surface area (Å²) >= 11 is 0. The van der Waals surface area contributed by atoms with Crippen molar-refractivity contribution in [2.24, 2.45) is 5.73 Å². The molecule has 0 radical (unpaired) electrons. The van der Waals surface area contributed by atoms with Crippen molar-refractivity contribution in [3.8, 4) is 5.75 Å². The Kier molecular flexibility index (Phi) is 4.73. The standard InChI is InChI=1S/C18H24N2O/c19-11-13-20-12-4-3-8-16(20)14-21-18-10-5-7-15-6-1-2-9-17(15)18/h1-2,5-7,9-10,16H,3-4,8,11-14,19H2. The van der Waals surface area contributed by atoms with Crippen LogP contribution in [-0.2, 0) is 0 Å². The number of likely N-dealkylation sites (tertiary alicyclic amines) is 1. The molecule has 3 rings (SSSR count). The SMILES string of the molecule is NCCN1CCCCC1COc1cccc2ccccc12. The van der Waals surface area contributed by atoms with Crippen molar-refractivity contribution in [3.05, 3.63) is 42.5 Å². The molecular weight excluding hydrogens is 260 g/mol. The van der Waals surface area contributed by atoms with E-state index in [4.69, 9.17) is 10.5 Å². The second-order valence-corrected chi connectivity index (χ2v) is 5.76. The number of fused-ring (bicyclic) bond motifs is 1. The Morgan fingerprint density at radius 2 is 1.95 bits per heavy atom. The van der Waals surface area contributed by atoms with Gasteiger partial charge in [-0.1, -0.05) is 42.8 Å². The molecule has 0 aliphatic carbocycles. The van der Waals surface area contributed by atoms with Crippen molar-refractivity contribution in [1.29, 1.82) is 0 Å². The van der Waals surface area contributed by atoms with E-state index < -0.39 is 0 Å². The van der Waals surface area contributed by atoms with Gasteiger partial charge in [0, 0.05) is 24.5 Å². The van der Waals surface area contributed by atoms with Gasteiger partial charge in [-0.25, -0.2) is 0 Å². The predicted octanol–water partition coefficient (Wildman–Crippen LogP) is 3.03. The molecule has 1 aliphatic heterocycles. The summed E-state index contributed by atoms with van der Waals surface area (Å²) in [6.45, 7) is 3.61. The fraction of sp³-hybridized carbons (Fsp3) is 0.444. The minimum atomic E-state index is 0.501. The van der Waals surface area contributed by atoms with Crippen LogP contribution in [0.15, 0.2) is 42.5 Å². The highest BCUT2D eigenvalue weighted by Gasteiger charge is 2.22. The number of benzene rings is 2. The number of hydrogen-bond donors (Lipinski definition) is 1. The monoisotopic (exact) mass is 284 g/mol. The maximum absolute atomic E-state index is 6.15. The second kappa shape index (κ2) is 6.92. The molecule has 0 amide bonds. The quantitative estimate of drug-likeness (QED) is 0.917. The molecule has 3 heteroatoms. The zero-order valence-corrected chi connectivity index (χ0v) is 12.5. The van der Waals surface area contributed by atoms with Crippen molar-refractivity contribution >= 4 is 10.8 Å². The molecule has 21 heavy (non-hydrogen) atoms. The van der Waals surface area contributed by atoms with Gasteiger partial charge in [0.05, 0.1) is 0 Å². The van der Waals surface area contributed by atoms with E-state index in [0.29, 0.717) is 6.04 Å². The van der Waals surface area contributed by atoms with Crippen molar-refractivity contribution < 1.29 is 4.74 Å². The Hall–Kier alpha value is -1.58. The molecule has 1 saturated heterocycles. The Labute approximate surface area is 126 Å². The number of rotatable bonds is 5. The topological polar surface area (TPSA) is 38.5 Å². The van der Waals surface area contributed by atoms with E-state index >= 15 is 0 Å². The first-order valence-electron chi connectivity index (χ1n) is 7.93. The summed E-state index contributed by atoms with van der Waals surface area (Å²) in [5.41, 5.74) is 5.72. The van der Waals surface area contributed by atoms with Gasteiger partial charge in [0.2, 0.25) is 0 Å². The Morgan fingerprint density at radius 3 is 2.86 bits per heavy atom. The third-order valence-corrected chi connectivity index (χ3v) is 4.35. The summed E-state index contributed by atoms with van der Waals surface area (Å²) in [5, 5.41) is 2.43. The van der Waals surface area contributed by atoms with E-state index in [1.165, 1.54) is 30.0 Å². The van der Waals surface area contributed by atoms with Gasteiger partial charge in [0.15, 0.2) is 0 Å². The first-order chi connectivity index (χ1) is 10.4. The van der Waals surface area contributed by atoms with Crippen LogP contribution in [0.5, 0.6) is 5.75 Å². The van der Waals surface area contributed by atoms with E-state index in [2.05, 4.69) is 47.4 Å². The van der Waals surface area contributed by atoms with E-state index in [-0.39, 0.29) is 0 Å². The minimum absolute atomic E-state index is 0.501. The summed E-state index contributed by atoms with van der Waals surface area (Å²) in [6.07, 6.45) is 3.79. The molecule has 0 aromatic heterocycles. The van der Waals surface area contributed by atoms with Crippen molar-refractivity contribution in [3.63, 3.8) is 0 Å². The van der Waals surface area contributed by atoms with Crippen LogP contribution < -0.4 is 10.5 Å². The van der Waals surface area contributed by atoms with Gasteiger partial charge >= 0.3 is 0 Å². The number of piperidine rings is 1. The van der Waals surface area contributed by atoms with E-state index in [1.807, 2.05) is 0 Å². The molecule has 1 atom stereocenters. The van der Waals surface area contributed by atoms with E-state index in [0.717, 1.165) is 32.0 Å². The lowest BCUT2D eigenvalue weighted by Gasteiger charge is -2.35. The summed E-state index contributed by atoms with van der Waals surface area (Å²) < 4.78 is 6.15. The first-order valence-corrected chi connectivity index (χ1v) is 7.93. The van der Waals surface area contributed by atoms with E-state index in [9.17, 15) is 0 Å². The summed E-state index contributed by atoms with van der Waals surface area (Å²) in [6, 6.07) is 15.2. The zero-order valence-electron chi connectivity index (χ0n) is 12.5. The van der Waals surface area contributed by atoms with Gasteiger partial charge in [-0.05, 0) is 30.8 Å². The molecule has 0 saturated carbocycles. The molecule has 1 unspecified atom stereocenters. The lowest BCUT2D eigenvalue weighted by molar-refractivity contribution is 0.103. The fourth-order valence-corrected chi connectivity index (χ4v) is 3.22. The Balaban J connectivity index is 1.70. The molecule has 0 spiro atoms.